The molecule has 0 aliphatic heterocycles. The van der Waals surface area contributed by atoms with E-state index >= 15 is 0 Å². The van der Waals surface area contributed by atoms with Gasteiger partial charge in [-0.2, -0.15) is 0 Å². The number of carbonyl (C=O) groups excluding carboxylic acids is 1. The number of likely N-dealkylation sites (N-methyl/N-ethyl adjacent to an activating group) is 1. The summed E-state index contributed by atoms with van der Waals surface area (Å²) in [4.78, 5) is 11.7. The van der Waals surface area contributed by atoms with Gasteiger partial charge in [-0.05, 0) is 33.7 Å². The van der Waals surface area contributed by atoms with Crippen molar-refractivity contribution < 1.29 is 9.90 Å². The van der Waals surface area contributed by atoms with Crippen LogP contribution in [-0.4, -0.2) is 35.7 Å². The summed E-state index contributed by atoms with van der Waals surface area (Å²) in [5, 5.41) is 15.7. The third-order valence-corrected chi connectivity index (χ3v) is 3.09. The number of nitrogens with one attached hydrogen (secondary N) is 2. The largest absolute Gasteiger partial charge is 0.388 e. The maximum Gasteiger partial charge on any atom is 0.239 e. The van der Waals surface area contributed by atoms with E-state index in [2.05, 4.69) is 10.6 Å². The third-order valence-electron chi connectivity index (χ3n) is 3.09. The van der Waals surface area contributed by atoms with Gasteiger partial charge < -0.3 is 15.7 Å². The van der Waals surface area contributed by atoms with Crippen molar-refractivity contribution in [2.45, 2.75) is 51.7 Å². The lowest BCUT2D eigenvalue weighted by molar-refractivity contribution is -0.127. The topological polar surface area (TPSA) is 61.4 Å². The molecule has 0 aliphatic carbocycles. The van der Waals surface area contributed by atoms with E-state index in [4.69, 9.17) is 0 Å². The Kier molecular flexibility index (Phi) is 5.24. The molecule has 0 aromatic rings. The molecule has 0 unspecified atom stereocenters. The highest BCUT2D eigenvalue weighted by atomic mass is 16.3. The second kappa shape index (κ2) is 5.47. The van der Waals surface area contributed by atoms with Gasteiger partial charge in [-0.15, -0.1) is 0 Å². The number of rotatable bonds is 6. The van der Waals surface area contributed by atoms with E-state index in [0.29, 0.717) is 19.4 Å². The van der Waals surface area contributed by atoms with Crippen LogP contribution in [-0.2, 0) is 4.79 Å². The fourth-order valence-corrected chi connectivity index (χ4v) is 1.08. The molecule has 0 bridgehead atoms. The van der Waals surface area contributed by atoms with Crippen molar-refractivity contribution in [2.75, 3.05) is 13.6 Å². The average molecular weight is 216 g/mol. The van der Waals surface area contributed by atoms with Crippen LogP contribution >= 0.6 is 0 Å². The third kappa shape index (κ3) is 4.18. The lowest BCUT2D eigenvalue weighted by Gasteiger charge is -2.29. The molecular weight excluding hydrogens is 192 g/mol. The minimum Gasteiger partial charge on any atom is -0.388 e. The fourth-order valence-electron chi connectivity index (χ4n) is 1.08. The SMILES string of the molecule is CCC(O)(CC)CNC(=O)C(C)(C)NC. The van der Waals surface area contributed by atoms with E-state index in [1.165, 1.54) is 0 Å². The van der Waals surface area contributed by atoms with Crippen LogP contribution in [0.4, 0.5) is 0 Å². The first kappa shape index (κ1) is 14.4. The smallest absolute Gasteiger partial charge is 0.239 e. The molecule has 0 saturated carbocycles. The van der Waals surface area contributed by atoms with Gasteiger partial charge in [-0.1, -0.05) is 13.8 Å². The zero-order valence-electron chi connectivity index (χ0n) is 10.5. The van der Waals surface area contributed by atoms with E-state index in [-0.39, 0.29) is 5.91 Å². The van der Waals surface area contributed by atoms with E-state index < -0.39 is 11.1 Å². The Bertz CT molecular complexity index is 211. The molecule has 0 aliphatic rings. The molecule has 1 amide bonds. The summed E-state index contributed by atoms with van der Waals surface area (Å²) in [6.45, 7) is 7.75. The van der Waals surface area contributed by atoms with Gasteiger partial charge in [0.25, 0.3) is 0 Å². The van der Waals surface area contributed by atoms with Crippen molar-refractivity contribution in [2.24, 2.45) is 0 Å². The van der Waals surface area contributed by atoms with Gasteiger partial charge in [0.2, 0.25) is 5.91 Å². The molecule has 0 rings (SSSR count). The van der Waals surface area contributed by atoms with Crippen LogP contribution in [0.25, 0.3) is 0 Å². The van der Waals surface area contributed by atoms with Crippen molar-refractivity contribution in [1.82, 2.24) is 10.6 Å². The average Bonchev–Trinajstić information content (AvgIpc) is 2.25. The van der Waals surface area contributed by atoms with Gasteiger partial charge in [-0.25, -0.2) is 0 Å². The van der Waals surface area contributed by atoms with Crippen LogP contribution in [0.15, 0.2) is 0 Å². The summed E-state index contributed by atoms with van der Waals surface area (Å²) in [6.07, 6.45) is 1.29. The summed E-state index contributed by atoms with van der Waals surface area (Å²) in [6, 6.07) is 0. The normalized spacial score (nSPS) is 12.7. The monoisotopic (exact) mass is 216 g/mol. The zero-order chi connectivity index (χ0) is 12.1. The van der Waals surface area contributed by atoms with Crippen LogP contribution in [0.5, 0.6) is 0 Å². The van der Waals surface area contributed by atoms with Crippen LogP contribution in [0.1, 0.15) is 40.5 Å². The van der Waals surface area contributed by atoms with Crippen molar-refractivity contribution in [3.8, 4) is 0 Å². The number of hydrogen-bond acceptors (Lipinski definition) is 3. The molecule has 0 heterocycles. The van der Waals surface area contributed by atoms with Crippen molar-refractivity contribution in [3.63, 3.8) is 0 Å². The Labute approximate surface area is 92.4 Å². The molecule has 90 valence electrons. The minimum atomic E-state index is -0.778. The fraction of sp³-hybridized carbons (Fsp3) is 0.909. The van der Waals surface area contributed by atoms with Gasteiger partial charge in [-0.3, -0.25) is 4.79 Å². The number of hydrogen-bond donors (Lipinski definition) is 3. The van der Waals surface area contributed by atoms with Crippen LogP contribution in [0, 0.1) is 0 Å². The van der Waals surface area contributed by atoms with E-state index in [1.54, 1.807) is 20.9 Å². The predicted molar refractivity (Wildman–Crippen MR) is 61.7 cm³/mol. The second-order valence-electron chi connectivity index (χ2n) is 4.49. The summed E-state index contributed by atoms with van der Waals surface area (Å²) < 4.78 is 0. The molecule has 3 N–H and O–H groups in total. The van der Waals surface area contributed by atoms with Crippen LogP contribution in [0.2, 0.25) is 0 Å². The van der Waals surface area contributed by atoms with Gasteiger partial charge in [0.15, 0.2) is 0 Å². The quantitative estimate of drug-likeness (QED) is 0.611. The molecule has 0 aromatic heterocycles. The van der Waals surface area contributed by atoms with Gasteiger partial charge in [0.05, 0.1) is 11.1 Å². The maximum atomic E-state index is 11.7. The molecule has 4 nitrogen and oxygen atoms in total. The highest BCUT2D eigenvalue weighted by Gasteiger charge is 2.28. The summed E-state index contributed by atoms with van der Waals surface area (Å²) in [5.41, 5.74) is -1.37. The summed E-state index contributed by atoms with van der Waals surface area (Å²) in [5.74, 6) is -0.0923. The standard InChI is InChI=1S/C11H24N2O2/c1-6-11(15,7-2)8-13-9(14)10(3,4)12-5/h12,15H,6-8H2,1-5H3,(H,13,14). The number of amides is 1. The first-order chi connectivity index (χ1) is 6.81. The van der Waals surface area contributed by atoms with Gasteiger partial charge in [0, 0.05) is 6.54 Å². The van der Waals surface area contributed by atoms with Gasteiger partial charge >= 0.3 is 0 Å². The summed E-state index contributed by atoms with van der Waals surface area (Å²) in [7, 11) is 1.74. The second-order valence-corrected chi connectivity index (χ2v) is 4.49. The molecule has 0 saturated heterocycles. The molecule has 4 heteroatoms. The molecule has 0 fully saturated rings. The van der Waals surface area contributed by atoms with Crippen molar-refractivity contribution in [1.29, 1.82) is 0 Å². The Balaban J connectivity index is 4.22. The van der Waals surface area contributed by atoms with Crippen molar-refractivity contribution in [3.05, 3.63) is 0 Å². The van der Waals surface area contributed by atoms with E-state index in [9.17, 15) is 9.90 Å². The Hall–Kier alpha value is -0.610. The predicted octanol–water partition coefficient (Wildman–Crippen LogP) is 0.652. The molecule has 0 atom stereocenters. The Morgan fingerprint density at radius 1 is 1.27 bits per heavy atom. The van der Waals surface area contributed by atoms with E-state index in [0.717, 1.165) is 0 Å². The van der Waals surface area contributed by atoms with Crippen molar-refractivity contribution >= 4 is 5.91 Å². The molecule has 0 aromatic carbocycles. The minimum absolute atomic E-state index is 0.0923. The van der Waals surface area contributed by atoms with Crippen LogP contribution < -0.4 is 10.6 Å². The lowest BCUT2D eigenvalue weighted by atomic mass is 9.96. The number of carbonyl (C=O) groups is 1. The Morgan fingerprint density at radius 3 is 2.07 bits per heavy atom. The molecule has 15 heavy (non-hydrogen) atoms. The number of aliphatic hydroxyl groups is 1. The Morgan fingerprint density at radius 2 is 1.73 bits per heavy atom. The first-order valence-electron chi connectivity index (χ1n) is 5.51. The molecular formula is C11H24N2O2. The molecule has 0 spiro atoms. The molecule has 0 radical (unpaired) electrons. The van der Waals surface area contributed by atoms with Gasteiger partial charge in [0.1, 0.15) is 0 Å². The van der Waals surface area contributed by atoms with Crippen LogP contribution in [0.3, 0.4) is 0 Å². The first-order valence-corrected chi connectivity index (χ1v) is 5.51. The highest BCUT2D eigenvalue weighted by molar-refractivity contribution is 5.85. The maximum absolute atomic E-state index is 11.7. The highest BCUT2D eigenvalue weighted by Crippen LogP contribution is 2.13. The lowest BCUT2D eigenvalue weighted by Crippen LogP contribution is -2.54. The van der Waals surface area contributed by atoms with E-state index in [1.807, 2.05) is 13.8 Å². The zero-order valence-corrected chi connectivity index (χ0v) is 10.5. The summed E-state index contributed by atoms with van der Waals surface area (Å²) >= 11 is 0.